The number of rotatable bonds is 6. The van der Waals surface area contributed by atoms with E-state index in [1.807, 2.05) is 84.0 Å². The topological polar surface area (TPSA) is 38.9 Å². The summed E-state index contributed by atoms with van der Waals surface area (Å²) in [6, 6.07) is 40.1. The van der Waals surface area contributed by atoms with Crippen molar-refractivity contribution >= 4 is 21.9 Å². The molecule has 65 heavy (non-hydrogen) atoms. The number of benzene rings is 6. The Labute approximate surface area is 424 Å². The van der Waals surface area contributed by atoms with Crippen LogP contribution in [0.5, 0.6) is 0 Å². The molecular weight excluding hydrogens is 969 g/mol. The number of furan rings is 1. The van der Waals surface area contributed by atoms with Gasteiger partial charge in [0.15, 0.2) is 0 Å². The van der Waals surface area contributed by atoms with Crippen molar-refractivity contribution in [3.63, 3.8) is 0 Å². The molecule has 0 saturated carbocycles. The molecule has 6 aromatic carbocycles. The van der Waals surface area contributed by atoms with Gasteiger partial charge in [-0.1, -0.05) is 156 Å². The van der Waals surface area contributed by atoms with Crippen molar-refractivity contribution in [2.24, 2.45) is 5.41 Å². The van der Waals surface area contributed by atoms with Gasteiger partial charge in [-0.2, -0.15) is 0 Å². The summed E-state index contributed by atoms with van der Waals surface area (Å²) in [5.41, 5.74) is 5.67. The summed E-state index contributed by atoms with van der Waals surface area (Å²) in [7, 11) is 0. The first-order chi connectivity index (χ1) is 37.3. The molecule has 0 aliphatic rings. The van der Waals surface area contributed by atoms with Crippen LogP contribution in [0.3, 0.4) is 0 Å². The van der Waals surface area contributed by atoms with Gasteiger partial charge in [0.05, 0.1) is 5.58 Å². The van der Waals surface area contributed by atoms with Gasteiger partial charge in [-0.15, -0.1) is 47.5 Å². The second-order valence-corrected chi connectivity index (χ2v) is 18.1. The Bertz CT molecular complexity index is 3790. The zero-order valence-electron chi connectivity index (χ0n) is 54.3. The van der Waals surface area contributed by atoms with Crippen LogP contribution in [-0.4, -0.2) is 9.97 Å². The van der Waals surface area contributed by atoms with Gasteiger partial charge in [-0.25, -0.2) is 0 Å². The number of aromatic nitrogens is 2. The first-order valence-corrected chi connectivity index (χ1v) is 21.0. The fraction of sp³-hybridized carbons (Fsp3) is 0.246. The summed E-state index contributed by atoms with van der Waals surface area (Å²) >= 11 is 0. The average molecular weight is 1050 g/mol. The molecule has 3 aromatic heterocycles. The van der Waals surface area contributed by atoms with Crippen LogP contribution < -0.4 is 0 Å². The summed E-state index contributed by atoms with van der Waals surface area (Å²) in [6.07, 6.45) is 1.17. The van der Waals surface area contributed by atoms with E-state index in [-0.39, 0.29) is 75.7 Å². The summed E-state index contributed by atoms with van der Waals surface area (Å²) in [4.78, 5) is 8.91. The fourth-order valence-corrected chi connectivity index (χ4v) is 7.85. The van der Waals surface area contributed by atoms with Crippen molar-refractivity contribution in [1.82, 2.24) is 9.97 Å². The minimum atomic E-state index is -2.78. The molecule has 0 saturated heterocycles. The molecule has 0 atom stereocenters. The van der Waals surface area contributed by atoms with E-state index < -0.39 is 46.0 Å². The summed E-state index contributed by atoms with van der Waals surface area (Å²) in [6.45, 7) is 0.644. The smallest absolute Gasteiger partial charge is 0.121 e. The van der Waals surface area contributed by atoms with Gasteiger partial charge in [-0.05, 0) is 136 Å². The maximum atomic E-state index is 8.53. The van der Waals surface area contributed by atoms with Crippen molar-refractivity contribution in [2.75, 3.05) is 0 Å². The zero-order valence-corrected chi connectivity index (χ0v) is 39.7. The van der Waals surface area contributed by atoms with Crippen LogP contribution in [-0.2, 0) is 31.9 Å². The molecular formula is C61H60IrN2O-2. The number of fused-ring (bicyclic) bond motifs is 3. The number of nitrogens with zero attached hydrogens (tertiary/aromatic N) is 2. The molecule has 9 aromatic rings. The zero-order chi connectivity index (χ0) is 59.8. The Morgan fingerprint density at radius 2 is 1.29 bits per heavy atom. The Balaban J connectivity index is 0.000000273. The second-order valence-electron chi connectivity index (χ2n) is 18.1. The maximum absolute atomic E-state index is 8.53. The standard InChI is InChI=1S/C38H36NO.C23H24N.Ir/c1-22-16-25(4)36-30-11-9-10-29(37(30)40-35(36)17-22)34-20-33(26(5)21-39-34)32-19-23(2)31(18-24(32)3)27-12-14-28(15-13-27)38(6,7)8;1-17-10-12-20(14-21(17)19-8-6-5-7-9-19)22-13-11-18(16-24-22)15-23(2,3)4;/h9,11-21H,1-8H3;5-11,13-14,16H,15H2,1-4H3;/q2*-1;/i1D3,2D3,3D3,5D3;1D3,15D2;. The van der Waals surface area contributed by atoms with E-state index in [9.17, 15) is 0 Å². The van der Waals surface area contributed by atoms with Crippen molar-refractivity contribution in [3.8, 4) is 55.9 Å². The van der Waals surface area contributed by atoms with Crippen molar-refractivity contribution in [1.29, 1.82) is 0 Å². The normalized spacial score (nSPS) is 16.7. The predicted molar refractivity (Wildman–Crippen MR) is 271 cm³/mol. The minimum absolute atomic E-state index is 0. The third kappa shape index (κ3) is 10.3. The molecule has 0 fully saturated rings. The van der Waals surface area contributed by atoms with Gasteiger partial charge in [-0.3, -0.25) is 0 Å². The third-order valence-electron chi connectivity index (χ3n) is 11.0. The quantitative estimate of drug-likeness (QED) is 0.156. The van der Waals surface area contributed by atoms with Gasteiger partial charge in [0, 0.05) is 61.2 Å². The van der Waals surface area contributed by atoms with E-state index >= 15 is 0 Å². The van der Waals surface area contributed by atoms with Gasteiger partial charge in [0.2, 0.25) is 0 Å². The van der Waals surface area contributed by atoms with Crippen LogP contribution in [0.25, 0.3) is 77.8 Å². The monoisotopic (exact) mass is 1050 g/mol. The third-order valence-corrected chi connectivity index (χ3v) is 11.0. The van der Waals surface area contributed by atoms with Gasteiger partial charge in [0.1, 0.15) is 5.58 Å². The Morgan fingerprint density at radius 1 is 0.615 bits per heavy atom. The fourth-order valence-electron chi connectivity index (χ4n) is 7.85. The first-order valence-electron chi connectivity index (χ1n) is 29.5. The van der Waals surface area contributed by atoms with E-state index in [2.05, 4.69) is 22.1 Å². The second kappa shape index (κ2) is 18.9. The van der Waals surface area contributed by atoms with Crippen molar-refractivity contribution in [3.05, 3.63) is 190 Å². The first kappa shape index (κ1) is 29.6. The number of pyridine rings is 2. The molecule has 0 aliphatic carbocycles. The summed E-state index contributed by atoms with van der Waals surface area (Å²) < 4.78 is 146. The number of aryl methyl sites for hydroxylation is 6. The number of hydrogen-bond acceptors (Lipinski definition) is 3. The SMILES string of the molecule is [2H]C([2H])([2H])c1c[c-]c(-c2ccc(C([2H])([2H])C(C)(C)C)cn2)cc1-c1ccccc1.[2H]C([2H])([2H])c1cc(C)c2c(c1)oc1c(-c3cc(-c4cc(C([2H])([2H])[2H])c(-c5ccc(C(C)(C)C)cc5)cc4C([2H])([2H])[2H])c(C([2H])([2H])[2H])cn3)[c-]ccc12.[Ir]. The molecule has 0 amide bonds. The Hall–Kier alpha value is -5.93. The van der Waals surface area contributed by atoms with Crippen LogP contribution in [0.2, 0.25) is 0 Å². The Kier molecular flexibility index (Phi) is 8.59. The van der Waals surface area contributed by atoms with Gasteiger partial charge >= 0.3 is 0 Å². The largest absolute Gasteiger partial charge is 0.501 e. The van der Waals surface area contributed by atoms with Crippen LogP contribution >= 0.6 is 0 Å². The van der Waals surface area contributed by atoms with E-state index in [1.165, 1.54) is 30.3 Å². The molecule has 4 heteroatoms. The molecule has 0 bridgehead atoms. The van der Waals surface area contributed by atoms with E-state index in [4.69, 9.17) is 27.7 Å². The van der Waals surface area contributed by atoms with Crippen molar-refractivity contribution in [2.45, 2.75) is 94.5 Å². The molecule has 0 unspecified atom stereocenters. The van der Waals surface area contributed by atoms with E-state index in [1.54, 1.807) is 61.7 Å². The molecule has 3 nitrogen and oxygen atoms in total. The van der Waals surface area contributed by atoms with Crippen LogP contribution in [0.4, 0.5) is 0 Å². The van der Waals surface area contributed by atoms with Crippen molar-refractivity contribution < 1.29 is 47.8 Å². The molecule has 3 heterocycles. The van der Waals surface area contributed by atoms with Gasteiger partial charge < -0.3 is 14.4 Å². The predicted octanol–water partition coefficient (Wildman–Crippen LogP) is 16.7. The van der Waals surface area contributed by atoms with Crippen LogP contribution in [0, 0.1) is 58.7 Å². The van der Waals surface area contributed by atoms with Gasteiger partial charge in [0.25, 0.3) is 0 Å². The summed E-state index contributed by atoms with van der Waals surface area (Å²) in [5.74, 6) is 0. The average Bonchev–Trinajstić information content (AvgIpc) is 2.33. The Morgan fingerprint density at radius 3 is 1.97 bits per heavy atom. The molecule has 1 radical (unpaired) electrons. The molecule has 0 aliphatic heterocycles. The number of hydrogen-bond donors (Lipinski definition) is 0. The molecule has 9 rings (SSSR count). The minimum Gasteiger partial charge on any atom is -0.501 e. The van der Waals surface area contributed by atoms with Crippen LogP contribution in [0.1, 0.15) is 109 Å². The molecule has 331 valence electrons. The van der Waals surface area contributed by atoms with E-state index in [0.717, 1.165) is 17.3 Å². The van der Waals surface area contributed by atoms with E-state index in [0.29, 0.717) is 61.0 Å². The molecule has 0 spiro atoms. The molecule has 0 N–H and O–H groups in total. The van der Waals surface area contributed by atoms with Crippen LogP contribution in [0.15, 0.2) is 138 Å². The summed E-state index contributed by atoms with van der Waals surface area (Å²) in [5, 5.41) is 1.34. The maximum Gasteiger partial charge on any atom is 0.121 e.